The summed E-state index contributed by atoms with van der Waals surface area (Å²) in [5, 5.41) is 8.98. The highest BCUT2D eigenvalue weighted by atomic mass is 16.5. The molecule has 1 N–H and O–H groups in total. The Balaban J connectivity index is 1.75. The summed E-state index contributed by atoms with van der Waals surface area (Å²) >= 11 is 0. The molecule has 1 atom stereocenters. The number of para-hydroxylation sites is 2. The Kier molecular flexibility index (Phi) is 4.78. The van der Waals surface area contributed by atoms with Crippen LogP contribution in [0, 0.1) is 0 Å². The maximum Gasteiger partial charge on any atom is 0.307 e. The number of hydrogen-bond acceptors (Lipinski definition) is 5. The molecule has 124 valence electrons. The van der Waals surface area contributed by atoms with Crippen LogP contribution in [0.5, 0.6) is 5.75 Å². The summed E-state index contributed by atoms with van der Waals surface area (Å²) < 4.78 is 10.9. The van der Waals surface area contributed by atoms with Crippen molar-refractivity contribution in [1.29, 1.82) is 0 Å². The first kappa shape index (κ1) is 15.8. The van der Waals surface area contributed by atoms with Crippen molar-refractivity contribution in [2.24, 2.45) is 0 Å². The zero-order valence-electron chi connectivity index (χ0n) is 12.8. The van der Waals surface area contributed by atoms with Crippen molar-refractivity contribution in [3.8, 4) is 5.75 Å². The molecule has 1 aromatic rings. The van der Waals surface area contributed by atoms with E-state index in [4.69, 9.17) is 14.6 Å². The number of amides is 1. The molecular weight excluding hydrogens is 300 g/mol. The highest BCUT2D eigenvalue weighted by Crippen LogP contribution is 2.34. The molecule has 1 fully saturated rings. The summed E-state index contributed by atoms with van der Waals surface area (Å²) in [6.07, 6.45) is -1.30. The standard InChI is InChI=1S/C16H20N2O5/c19-15(20)11-14-16(21)18(6-5-17-7-9-22-10-8-17)12-3-1-2-4-13(12)23-14/h1-4,14H,5-11H2,(H,19,20). The van der Waals surface area contributed by atoms with Crippen LogP contribution in [-0.4, -0.2) is 67.4 Å². The molecule has 2 aliphatic heterocycles. The van der Waals surface area contributed by atoms with E-state index in [1.54, 1.807) is 11.0 Å². The minimum Gasteiger partial charge on any atom is -0.481 e. The number of carboxylic acids is 1. The Morgan fingerprint density at radius 3 is 2.70 bits per heavy atom. The Morgan fingerprint density at radius 2 is 1.96 bits per heavy atom. The topological polar surface area (TPSA) is 79.3 Å². The van der Waals surface area contributed by atoms with Crippen LogP contribution in [0.1, 0.15) is 6.42 Å². The Bertz CT molecular complexity index is 586. The van der Waals surface area contributed by atoms with Gasteiger partial charge in [0.1, 0.15) is 5.75 Å². The van der Waals surface area contributed by atoms with Crippen molar-refractivity contribution in [3.63, 3.8) is 0 Å². The van der Waals surface area contributed by atoms with Gasteiger partial charge in [-0.2, -0.15) is 0 Å². The number of anilines is 1. The predicted molar refractivity (Wildman–Crippen MR) is 82.7 cm³/mol. The number of hydrogen-bond donors (Lipinski definition) is 1. The monoisotopic (exact) mass is 320 g/mol. The molecule has 0 spiro atoms. The van der Waals surface area contributed by atoms with Crippen LogP contribution < -0.4 is 9.64 Å². The molecule has 0 aromatic heterocycles. The van der Waals surface area contributed by atoms with E-state index in [-0.39, 0.29) is 12.3 Å². The van der Waals surface area contributed by atoms with Crippen molar-refractivity contribution in [1.82, 2.24) is 4.90 Å². The molecule has 0 saturated carbocycles. The highest BCUT2D eigenvalue weighted by molar-refractivity contribution is 6.01. The Morgan fingerprint density at radius 1 is 1.22 bits per heavy atom. The average molecular weight is 320 g/mol. The summed E-state index contributed by atoms with van der Waals surface area (Å²) in [7, 11) is 0. The van der Waals surface area contributed by atoms with Crippen molar-refractivity contribution < 1.29 is 24.2 Å². The molecule has 7 heteroatoms. The fourth-order valence-corrected chi connectivity index (χ4v) is 2.86. The zero-order chi connectivity index (χ0) is 16.2. The van der Waals surface area contributed by atoms with Gasteiger partial charge in [-0.05, 0) is 12.1 Å². The molecule has 3 rings (SSSR count). The largest absolute Gasteiger partial charge is 0.481 e. The van der Waals surface area contributed by atoms with Gasteiger partial charge < -0.3 is 19.5 Å². The lowest BCUT2D eigenvalue weighted by molar-refractivity contribution is -0.142. The van der Waals surface area contributed by atoms with Crippen LogP contribution in [0.25, 0.3) is 0 Å². The van der Waals surface area contributed by atoms with E-state index in [9.17, 15) is 9.59 Å². The third-order valence-electron chi connectivity index (χ3n) is 4.07. The fourth-order valence-electron chi connectivity index (χ4n) is 2.86. The molecule has 1 saturated heterocycles. The number of ether oxygens (including phenoxy) is 2. The highest BCUT2D eigenvalue weighted by Gasteiger charge is 2.35. The maximum absolute atomic E-state index is 12.6. The van der Waals surface area contributed by atoms with Gasteiger partial charge in [0.15, 0.2) is 6.10 Å². The normalized spacial score (nSPS) is 21.7. The van der Waals surface area contributed by atoms with E-state index in [1.165, 1.54) is 0 Å². The van der Waals surface area contributed by atoms with Crippen molar-refractivity contribution >= 4 is 17.6 Å². The van der Waals surface area contributed by atoms with E-state index >= 15 is 0 Å². The van der Waals surface area contributed by atoms with Crippen LogP contribution >= 0.6 is 0 Å². The van der Waals surface area contributed by atoms with Gasteiger partial charge in [-0.1, -0.05) is 12.1 Å². The van der Waals surface area contributed by atoms with Crippen LogP contribution in [0.2, 0.25) is 0 Å². The molecule has 1 unspecified atom stereocenters. The molecule has 0 bridgehead atoms. The first-order valence-electron chi connectivity index (χ1n) is 7.74. The second-order valence-corrected chi connectivity index (χ2v) is 5.62. The molecule has 7 nitrogen and oxygen atoms in total. The van der Waals surface area contributed by atoms with Gasteiger partial charge in [0.2, 0.25) is 0 Å². The van der Waals surface area contributed by atoms with Gasteiger partial charge in [-0.15, -0.1) is 0 Å². The lowest BCUT2D eigenvalue weighted by Gasteiger charge is -2.35. The number of carbonyl (C=O) groups excluding carboxylic acids is 1. The maximum atomic E-state index is 12.6. The lowest BCUT2D eigenvalue weighted by Crippen LogP contribution is -2.50. The average Bonchev–Trinajstić information content (AvgIpc) is 2.55. The lowest BCUT2D eigenvalue weighted by atomic mass is 10.1. The fraction of sp³-hybridized carbons (Fsp3) is 0.500. The molecule has 23 heavy (non-hydrogen) atoms. The number of carboxylic acid groups (broad SMARTS) is 1. The summed E-state index contributed by atoms with van der Waals surface area (Å²) in [5.74, 6) is -0.782. The molecule has 2 heterocycles. The van der Waals surface area contributed by atoms with Crippen LogP contribution in [0.15, 0.2) is 24.3 Å². The van der Waals surface area contributed by atoms with Gasteiger partial charge in [0, 0.05) is 26.2 Å². The van der Waals surface area contributed by atoms with Crippen LogP contribution in [0.4, 0.5) is 5.69 Å². The Hall–Kier alpha value is -2.12. The van der Waals surface area contributed by atoms with Crippen LogP contribution in [-0.2, 0) is 14.3 Å². The zero-order valence-corrected chi connectivity index (χ0v) is 12.8. The first-order valence-corrected chi connectivity index (χ1v) is 7.74. The van der Waals surface area contributed by atoms with E-state index in [1.807, 2.05) is 18.2 Å². The van der Waals surface area contributed by atoms with Crippen LogP contribution in [0.3, 0.4) is 0 Å². The summed E-state index contributed by atoms with van der Waals surface area (Å²) in [6.45, 7) is 4.33. The van der Waals surface area contributed by atoms with Gasteiger partial charge in [0.05, 0.1) is 25.3 Å². The van der Waals surface area contributed by atoms with Crippen molar-refractivity contribution in [2.45, 2.75) is 12.5 Å². The number of morpholine rings is 1. The van der Waals surface area contributed by atoms with E-state index in [2.05, 4.69) is 4.90 Å². The van der Waals surface area contributed by atoms with Gasteiger partial charge >= 0.3 is 5.97 Å². The van der Waals surface area contributed by atoms with Gasteiger partial charge in [-0.3, -0.25) is 14.5 Å². The summed E-state index contributed by atoms with van der Waals surface area (Å²) in [6, 6.07) is 7.24. The van der Waals surface area contributed by atoms with E-state index in [0.29, 0.717) is 31.2 Å². The van der Waals surface area contributed by atoms with E-state index < -0.39 is 12.1 Å². The van der Waals surface area contributed by atoms with Crippen molar-refractivity contribution in [2.75, 3.05) is 44.3 Å². The smallest absolute Gasteiger partial charge is 0.307 e. The molecule has 1 aromatic carbocycles. The third kappa shape index (κ3) is 3.62. The Labute approximate surface area is 134 Å². The second-order valence-electron chi connectivity index (χ2n) is 5.62. The molecule has 2 aliphatic rings. The number of rotatable bonds is 5. The first-order chi connectivity index (χ1) is 11.1. The van der Waals surface area contributed by atoms with Gasteiger partial charge in [-0.25, -0.2) is 0 Å². The minimum absolute atomic E-state index is 0.292. The molecule has 0 aliphatic carbocycles. The van der Waals surface area contributed by atoms with Crippen molar-refractivity contribution in [3.05, 3.63) is 24.3 Å². The number of carbonyl (C=O) groups is 2. The summed E-state index contributed by atoms with van der Waals surface area (Å²) in [5.41, 5.74) is 0.701. The number of aliphatic carboxylic acids is 1. The SMILES string of the molecule is O=C(O)CC1Oc2ccccc2N(CCN2CCOCC2)C1=O. The second kappa shape index (κ2) is 6.97. The number of nitrogens with zero attached hydrogens (tertiary/aromatic N) is 2. The quantitative estimate of drug-likeness (QED) is 0.855. The molecule has 1 amide bonds. The molecule has 0 radical (unpaired) electrons. The third-order valence-corrected chi connectivity index (χ3v) is 4.07. The van der Waals surface area contributed by atoms with E-state index in [0.717, 1.165) is 19.6 Å². The predicted octanol–water partition coefficient (Wildman–Crippen LogP) is 0.588. The molecular formula is C16H20N2O5. The van der Waals surface area contributed by atoms with Gasteiger partial charge in [0.25, 0.3) is 5.91 Å². The number of benzene rings is 1. The number of fused-ring (bicyclic) bond motifs is 1. The summed E-state index contributed by atoms with van der Waals surface area (Å²) in [4.78, 5) is 27.4. The minimum atomic E-state index is -1.05.